The summed E-state index contributed by atoms with van der Waals surface area (Å²) in [5.74, 6) is 1.47. The van der Waals surface area contributed by atoms with Crippen LogP contribution in [0.2, 0.25) is 0 Å². The third-order valence-electron chi connectivity index (χ3n) is 4.08. The predicted molar refractivity (Wildman–Crippen MR) is 87.3 cm³/mol. The molecule has 0 aliphatic heterocycles. The van der Waals surface area contributed by atoms with Crippen molar-refractivity contribution in [3.63, 3.8) is 0 Å². The van der Waals surface area contributed by atoms with E-state index in [0.717, 1.165) is 11.8 Å². The lowest BCUT2D eigenvalue weighted by molar-refractivity contribution is 0.338. The van der Waals surface area contributed by atoms with Crippen LogP contribution in [0.4, 0.5) is 0 Å². The van der Waals surface area contributed by atoms with Crippen LogP contribution in [0.5, 0.6) is 0 Å². The van der Waals surface area contributed by atoms with Gasteiger partial charge in [-0.1, -0.05) is 27.7 Å². The maximum absolute atomic E-state index is 2.39. The van der Waals surface area contributed by atoms with Crippen LogP contribution < -0.4 is 0 Å². The maximum Gasteiger partial charge on any atom is 0.0486 e. The first-order chi connectivity index (χ1) is 9.04. The standard InChI is InChI=1S/C17H22S2/c1-11(2)9-17(10-12(3)4)13-5-7-18-15(13)16-14(17)6-8-19-16/h5-8,11-12H,9-10H2,1-4H3. The average Bonchev–Trinajstić information content (AvgIpc) is 2.97. The predicted octanol–water partition coefficient (Wildman–Crippen LogP) is 6.17. The highest BCUT2D eigenvalue weighted by Gasteiger charge is 2.45. The fourth-order valence-corrected chi connectivity index (χ4v) is 5.97. The molecular weight excluding hydrogens is 268 g/mol. The fraction of sp³-hybridized carbons (Fsp3) is 0.529. The van der Waals surface area contributed by atoms with Crippen molar-refractivity contribution in [3.8, 4) is 9.75 Å². The van der Waals surface area contributed by atoms with Gasteiger partial charge in [-0.3, -0.25) is 0 Å². The highest BCUT2D eigenvalue weighted by Crippen LogP contribution is 2.58. The van der Waals surface area contributed by atoms with Gasteiger partial charge in [0.05, 0.1) is 0 Å². The summed E-state index contributed by atoms with van der Waals surface area (Å²) in [6.07, 6.45) is 2.55. The largest absolute Gasteiger partial charge is 0.143 e. The van der Waals surface area contributed by atoms with Crippen LogP contribution in [0.1, 0.15) is 51.7 Å². The molecule has 19 heavy (non-hydrogen) atoms. The molecule has 1 aliphatic rings. The molecule has 0 radical (unpaired) electrons. The van der Waals surface area contributed by atoms with Crippen molar-refractivity contribution in [3.05, 3.63) is 34.0 Å². The van der Waals surface area contributed by atoms with Gasteiger partial charge in [-0.25, -0.2) is 0 Å². The monoisotopic (exact) mass is 290 g/mol. The third-order valence-corrected chi connectivity index (χ3v) is 6.07. The summed E-state index contributed by atoms with van der Waals surface area (Å²) in [5.41, 5.74) is 3.51. The molecular formula is C17H22S2. The number of rotatable bonds is 4. The molecule has 102 valence electrons. The Hall–Kier alpha value is -0.600. The molecule has 0 amide bonds. The lowest BCUT2D eigenvalue weighted by atomic mass is 9.69. The van der Waals surface area contributed by atoms with Gasteiger partial charge in [0.15, 0.2) is 0 Å². The third kappa shape index (κ3) is 2.00. The first-order valence-electron chi connectivity index (χ1n) is 7.21. The van der Waals surface area contributed by atoms with Crippen LogP contribution in [0.15, 0.2) is 22.9 Å². The average molecular weight is 290 g/mol. The first kappa shape index (κ1) is 13.4. The second kappa shape index (κ2) is 4.75. The Morgan fingerprint density at radius 3 is 1.63 bits per heavy atom. The molecule has 0 saturated carbocycles. The smallest absolute Gasteiger partial charge is 0.0486 e. The van der Waals surface area contributed by atoms with E-state index in [2.05, 4.69) is 50.6 Å². The summed E-state index contributed by atoms with van der Waals surface area (Å²) in [7, 11) is 0. The van der Waals surface area contributed by atoms with Gasteiger partial charge in [-0.05, 0) is 58.7 Å². The zero-order valence-corrected chi connectivity index (χ0v) is 13.8. The molecule has 0 spiro atoms. The zero-order valence-electron chi connectivity index (χ0n) is 12.2. The minimum absolute atomic E-state index is 0.285. The van der Waals surface area contributed by atoms with Crippen LogP contribution in [-0.4, -0.2) is 0 Å². The van der Waals surface area contributed by atoms with Crippen molar-refractivity contribution in [2.45, 2.75) is 46.0 Å². The molecule has 0 unspecified atom stereocenters. The lowest BCUT2D eigenvalue weighted by Crippen LogP contribution is -2.28. The van der Waals surface area contributed by atoms with E-state index < -0.39 is 0 Å². The minimum Gasteiger partial charge on any atom is -0.143 e. The molecule has 1 aliphatic carbocycles. The fourth-order valence-electron chi connectivity index (χ4n) is 3.79. The zero-order chi connectivity index (χ0) is 13.6. The van der Waals surface area contributed by atoms with E-state index >= 15 is 0 Å². The van der Waals surface area contributed by atoms with Crippen LogP contribution in [0.3, 0.4) is 0 Å². The van der Waals surface area contributed by atoms with E-state index in [1.807, 2.05) is 22.7 Å². The lowest BCUT2D eigenvalue weighted by Gasteiger charge is -2.34. The van der Waals surface area contributed by atoms with Gasteiger partial charge < -0.3 is 0 Å². The Morgan fingerprint density at radius 1 is 0.842 bits per heavy atom. The van der Waals surface area contributed by atoms with Crippen molar-refractivity contribution < 1.29 is 0 Å². The maximum atomic E-state index is 2.39. The van der Waals surface area contributed by atoms with Crippen molar-refractivity contribution in [2.75, 3.05) is 0 Å². The van der Waals surface area contributed by atoms with E-state index in [1.54, 1.807) is 20.9 Å². The molecule has 2 heterocycles. The molecule has 0 atom stereocenters. The summed E-state index contributed by atoms with van der Waals surface area (Å²) < 4.78 is 0. The van der Waals surface area contributed by atoms with Gasteiger partial charge in [0.1, 0.15) is 0 Å². The Kier molecular flexibility index (Phi) is 3.34. The van der Waals surface area contributed by atoms with Gasteiger partial charge in [0.25, 0.3) is 0 Å². The minimum atomic E-state index is 0.285. The highest BCUT2D eigenvalue weighted by molar-refractivity contribution is 7.21. The second-order valence-corrected chi connectivity index (χ2v) is 8.44. The normalized spacial score (nSPS) is 16.1. The number of thiophene rings is 2. The Balaban J connectivity index is 2.19. The number of hydrogen-bond acceptors (Lipinski definition) is 2. The molecule has 2 heteroatoms. The Bertz CT molecular complexity index is 519. The van der Waals surface area contributed by atoms with Gasteiger partial charge in [0.2, 0.25) is 0 Å². The Morgan fingerprint density at radius 2 is 1.26 bits per heavy atom. The van der Waals surface area contributed by atoms with Gasteiger partial charge in [0, 0.05) is 15.2 Å². The molecule has 2 aromatic heterocycles. The van der Waals surface area contributed by atoms with Crippen molar-refractivity contribution in [2.24, 2.45) is 11.8 Å². The number of hydrogen-bond donors (Lipinski definition) is 0. The summed E-state index contributed by atoms with van der Waals surface area (Å²) in [5, 5.41) is 4.56. The molecule has 0 bridgehead atoms. The summed E-state index contributed by atoms with van der Waals surface area (Å²) in [6.45, 7) is 9.44. The topological polar surface area (TPSA) is 0 Å². The van der Waals surface area contributed by atoms with Crippen LogP contribution in [-0.2, 0) is 5.41 Å². The van der Waals surface area contributed by atoms with E-state index in [-0.39, 0.29) is 5.41 Å². The highest BCUT2D eigenvalue weighted by atomic mass is 32.1. The first-order valence-corrected chi connectivity index (χ1v) is 8.97. The molecule has 2 aromatic rings. The van der Waals surface area contributed by atoms with E-state index in [0.29, 0.717) is 0 Å². The second-order valence-electron chi connectivity index (χ2n) is 6.60. The van der Waals surface area contributed by atoms with Gasteiger partial charge in [-0.2, -0.15) is 0 Å². The summed E-state index contributed by atoms with van der Waals surface area (Å²) >= 11 is 3.85. The molecule has 0 N–H and O–H groups in total. The molecule has 0 aromatic carbocycles. The van der Waals surface area contributed by atoms with E-state index in [9.17, 15) is 0 Å². The molecule has 0 saturated heterocycles. The summed E-state index contributed by atoms with van der Waals surface area (Å²) in [4.78, 5) is 3.10. The SMILES string of the molecule is CC(C)CC1(CC(C)C)c2ccsc2-c2sccc21. The van der Waals surface area contributed by atoms with Crippen LogP contribution in [0, 0.1) is 11.8 Å². The summed E-state index contributed by atoms with van der Waals surface area (Å²) in [6, 6.07) is 4.77. The quantitative estimate of drug-likeness (QED) is 0.631. The molecule has 0 nitrogen and oxygen atoms in total. The van der Waals surface area contributed by atoms with Gasteiger partial charge >= 0.3 is 0 Å². The number of fused-ring (bicyclic) bond motifs is 3. The molecule has 0 fully saturated rings. The van der Waals surface area contributed by atoms with Crippen LogP contribution >= 0.6 is 22.7 Å². The van der Waals surface area contributed by atoms with E-state index in [1.165, 1.54) is 12.8 Å². The Labute approximate surface area is 124 Å². The van der Waals surface area contributed by atoms with Crippen molar-refractivity contribution in [1.82, 2.24) is 0 Å². The van der Waals surface area contributed by atoms with Crippen molar-refractivity contribution in [1.29, 1.82) is 0 Å². The van der Waals surface area contributed by atoms with Crippen LogP contribution in [0.25, 0.3) is 9.75 Å². The molecule has 3 rings (SSSR count). The van der Waals surface area contributed by atoms with E-state index in [4.69, 9.17) is 0 Å². The van der Waals surface area contributed by atoms with Crippen molar-refractivity contribution >= 4 is 22.7 Å². The van der Waals surface area contributed by atoms with Gasteiger partial charge in [-0.15, -0.1) is 22.7 Å².